The number of anilines is 1. The molecule has 0 saturated carbocycles. The third kappa shape index (κ3) is 6.08. The topological polar surface area (TPSA) is 115 Å². The number of rotatable bonds is 5. The minimum absolute atomic E-state index is 0.0169. The van der Waals surface area contributed by atoms with E-state index < -0.39 is 6.10 Å². The highest BCUT2D eigenvalue weighted by atomic mass is 16.3. The van der Waals surface area contributed by atoms with E-state index in [4.69, 9.17) is 4.98 Å². The Labute approximate surface area is 240 Å². The van der Waals surface area contributed by atoms with E-state index in [0.717, 1.165) is 37.9 Å². The lowest BCUT2D eigenvalue weighted by Gasteiger charge is -2.43. The number of benzene rings is 1. The fourth-order valence-electron chi connectivity index (χ4n) is 6.30. The van der Waals surface area contributed by atoms with Gasteiger partial charge in [0.15, 0.2) is 5.82 Å². The Bertz CT molecular complexity index is 1390. The second kappa shape index (κ2) is 11.9. The summed E-state index contributed by atoms with van der Waals surface area (Å²) in [5.41, 5.74) is 3.77. The summed E-state index contributed by atoms with van der Waals surface area (Å²) in [5.74, 6) is 0.913. The fourth-order valence-corrected chi connectivity index (χ4v) is 6.30. The summed E-state index contributed by atoms with van der Waals surface area (Å²) >= 11 is 0. The molecule has 2 amide bonds. The summed E-state index contributed by atoms with van der Waals surface area (Å²) < 4.78 is 0. The largest absolute Gasteiger partial charge is 0.390 e. The zero-order valence-electron chi connectivity index (χ0n) is 23.4. The summed E-state index contributed by atoms with van der Waals surface area (Å²) in [7, 11) is 0. The number of nitrogens with zero attached hydrogens (tertiary/aromatic N) is 6. The Morgan fingerprint density at radius 1 is 0.927 bits per heavy atom. The van der Waals surface area contributed by atoms with Crippen LogP contribution in [0.15, 0.2) is 54.9 Å². The zero-order valence-corrected chi connectivity index (χ0v) is 23.4. The van der Waals surface area contributed by atoms with Gasteiger partial charge < -0.3 is 20.2 Å². The number of β-amino-alcohol motifs (C(OH)–C–C–N with tert-alkyl or cyclic N) is 1. The smallest absolute Gasteiger partial charge is 0.272 e. The third-order valence-electron chi connectivity index (χ3n) is 8.64. The molecule has 3 aliphatic heterocycles. The minimum atomic E-state index is -0.636. The van der Waals surface area contributed by atoms with Crippen molar-refractivity contribution in [1.82, 2.24) is 29.7 Å². The average molecular weight is 556 g/mol. The predicted octanol–water partition coefficient (Wildman–Crippen LogP) is 2.60. The molecular formula is C31H37N7O3. The van der Waals surface area contributed by atoms with E-state index in [0.29, 0.717) is 43.4 Å². The number of carbonyl (C=O) groups is 2. The summed E-state index contributed by atoms with van der Waals surface area (Å²) in [6.45, 7) is 5.54. The summed E-state index contributed by atoms with van der Waals surface area (Å²) in [6, 6.07) is 14.0. The second-order valence-corrected chi connectivity index (χ2v) is 11.3. The number of piperidine rings is 2. The standard InChI is InChI=1S/C31H37N7O3/c1-21(39)36-15-9-25(10-16-36)33-29-18-26(34-30(35-29)23-6-12-32-13-7-23)31(41)38-17-11-27(28(40)20-38)37-14-8-22-4-2-3-5-24(22)19-37/h2-7,12-13,18,25,27-28,40H,8-11,14-17,19-20H2,1H3,(H,33,34,35)/t27?,28-/m0/s1. The zero-order chi connectivity index (χ0) is 28.3. The van der Waals surface area contributed by atoms with E-state index in [1.807, 2.05) is 17.0 Å². The van der Waals surface area contributed by atoms with Gasteiger partial charge in [-0.1, -0.05) is 24.3 Å². The monoisotopic (exact) mass is 555 g/mol. The maximum atomic E-state index is 13.8. The first-order valence-corrected chi connectivity index (χ1v) is 14.5. The van der Waals surface area contributed by atoms with Crippen LogP contribution in [0.25, 0.3) is 11.4 Å². The molecule has 2 saturated heterocycles. The number of hydrogen-bond acceptors (Lipinski definition) is 8. The van der Waals surface area contributed by atoms with Crippen molar-refractivity contribution >= 4 is 17.6 Å². The molecule has 10 heteroatoms. The Morgan fingerprint density at radius 2 is 1.66 bits per heavy atom. The molecule has 0 spiro atoms. The number of aliphatic hydroxyl groups is 1. The molecule has 1 aromatic carbocycles. The first kappa shape index (κ1) is 27.3. The number of amides is 2. The van der Waals surface area contributed by atoms with Gasteiger partial charge in [0.25, 0.3) is 5.91 Å². The number of hydrogen-bond donors (Lipinski definition) is 2. The van der Waals surface area contributed by atoms with Crippen LogP contribution < -0.4 is 5.32 Å². The van der Waals surface area contributed by atoms with E-state index in [1.54, 1.807) is 30.3 Å². The highest BCUT2D eigenvalue weighted by Crippen LogP contribution is 2.27. The van der Waals surface area contributed by atoms with Crippen LogP contribution >= 0.6 is 0 Å². The molecular weight excluding hydrogens is 518 g/mol. The van der Waals surface area contributed by atoms with Crippen molar-refractivity contribution in [1.29, 1.82) is 0 Å². The molecule has 2 fully saturated rings. The molecule has 6 rings (SSSR count). The van der Waals surface area contributed by atoms with Crippen LogP contribution in [-0.4, -0.2) is 97.5 Å². The van der Waals surface area contributed by atoms with Gasteiger partial charge in [-0.25, -0.2) is 9.97 Å². The molecule has 2 atom stereocenters. The Morgan fingerprint density at radius 3 is 2.39 bits per heavy atom. The number of carbonyl (C=O) groups excluding carboxylic acids is 2. The van der Waals surface area contributed by atoms with Crippen molar-refractivity contribution in [2.24, 2.45) is 0 Å². The second-order valence-electron chi connectivity index (χ2n) is 11.3. The maximum Gasteiger partial charge on any atom is 0.272 e. The first-order chi connectivity index (χ1) is 19.9. The Hall–Kier alpha value is -3.89. The summed E-state index contributed by atoms with van der Waals surface area (Å²) in [6.07, 6.45) is 6.01. The van der Waals surface area contributed by atoms with Gasteiger partial charge in [0, 0.05) is 82.3 Å². The molecule has 1 unspecified atom stereocenters. The molecule has 5 heterocycles. The van der Waals surface area contributed by atoms with Crippen molar-refractivity contribution in [3.05, 3.63) is 71.7 Å². The Kier molecular flexibility index (Phi) is 7.93. The highest BCUT2D eigenvalue weighted by Gasteiger charge is 2.36. The van der Waals surface area contributed by atoms with Crippen molar-refractivity contribution < 1.29 is 14.7 Å². The molecule has 0 radical (unpaired) electrons. The van der Waals surface area contributed by atoms with Crippen LogP contribution in [0.2, 0.25) is 0 Å². The van der Waals surface area contributed by atoms with Crippen molar-refractivity contribution in [3.63, 3.8) is 0 Å². The Balaban J connectivity index is 1.17. The summed E-state index contributed by atoms with van der Waals surface area (Å²) in [4.78, 5) is 44.9. The maximum absolute atomic E-state index is 13.8. The fraction of sp³-hybridized carbons (Fsp3) is 0.452. The molecule has 10 nitrogen and oxygen atoms in total. The average Bonchev–Trinajstić information content (AvgIpc) is 3.01. The molecule has 214 valence electrons. The highest BCUT2D eigenvalue weighted by molar-refractivity contribution is 5.93. The van der Waals surface area contributed by atoms with E-state index >= 15 is 0 Å². The number of likely N-dealkylation sites (tertiary alicyclic amines) is 2. The number of pyridine rings is 1. The molecule has 2 aromatic heterocycles. The normalized spacial score (nSPS) is 21.8. The van der Waals surface area contributed by atoms with Crippen LogP contribution in [0.1, 0.15) is 47.8 Å². The van der Waals surface area contributed by atoms with Crippen molar-refractivity contribution in [3.8, 4) is 11.4 Å². The number of aliphatic hydroxyl groups excluding tert-OH is 1. The predicted molar refractivity (Wildman–Crippen MR) is 155 cm³/mol. The molecule has 0 bridgehead atoms. The van der Waals surface area contributed by atoms with E-state index in [-0.39, 0.29) is 30.4 Å². The third-order valence-corrected chi connectivity index (χ3v) is 8.64. The van der Waals surface area contributed by atoms with Gasteiger partial charge in [0.05, 0.1) is 6.10 Å². The lowest BCUT2D eigenvalue weighted by Crippen LogP contribution is -2.56. The molecule has 3 aliphatic rings. The molecule has 3 aromatic rings. The molecule has 2 N–H and O–H groups in total. The van der Waals surface area contributed by atoms with Crippen LogP contribution in [0.3, 0.4) is 0 Å². The number of fused-ring (bicyclic) bond motifs is 1. The van der Waals surface area contributed by atoms with Gasteiger partial charge in [-0.3, -0.25) is 19.5 Å². The molecule has 41 heavy (non-hydrogen) atoms. The van der Waals surface area contributed by atoms with Crippen LogP contribution in [0, 0.1) is 0 Å². The SMILES string of the molecule is CC(=O)N1CCC(Nc2cc(C(=O)N3CCC(N4CCc5ccccc5C4)[C@@H](O)C3)nc(-c3ccncc3)n2)CC1. The van der Waals surface area contributed by atoms with Gasteiger partial charge >= 0.3 is 0 Å². The van der Waals surface area contributed by atoms with E-state index in [2.05, 4.69) is 44.5 Å². The van der Waals surface area contributed by atoms with Crippen LogP contribution in [0.5, 0.6) is 0 Å². The van der Waals surface area contributed by atoms with Crippen molar-refractivity contribution in [2.45, 2.75) is 57.3 Å². The van der Waals surface area contributed by atoms with Crippen molar-refractivity contribution in [2.75, 3.05) is 38.0 Å². The quantitative estimate of drug-likeness (QED) is 0.494. The number of aromatic nitrogens is 3. The minimum Gasteiger partial charge on any atom is -0.390 e. The molecule has 0 aliphatic carbocycles. The van der Waals surface area contributed by atoms with Gasteiger partial charge in [0.2, 0.25) is 5.91 Å². The first-order valence-electron chi connectivity index (χ1n) is 14.5. The van der Waals surface area contributed by atoms with Gasteiger partial charge in [-0.15, -0.1) is 0 Å². The van der Waals surface area contributed by atoms with Gasteiger partial charge in [-0.05, 0) is 48.9 Å². The lowest BCUT2D eigenvalue weighted by molar-refractivity contribution is -0.129. The number of nitrogens with one attached hydrogen (secondary N) is 1. The van der Waals surface area contributed by atoms with Gasteiger partial charge in [-0.2, -0.15) is 0 Å². The summed E-state index contributed by atoms with van der Waals surface area (Å²) in [5, 5.41) is 14.7. The lowest BCUT2D eigenvalue weighted by atomic mass is 9.94. The van der Waals surface area contributed by atoms with E-state index in [9.17, 15) is 14.7 Å². The van der Waals surface area contributed by atoms with E-state index in [1.165, 1.54) is 11.1 Å². The van der Waals surface area contributed by atoms with Gasteiger partial charge in [0.1, 0.15) is 11.5 Å². The van der Waals surface area contributed by atoms with Crippen LogP contribution in [-0.2, 0) is 17.8 Å². The van der Waals surface area contributed by atoms with Crippen LogP contribution in [0.4, 0.5) is 5.82 Å².